The lowest BCUT2D eigenvalue weighted by molar-refractivity contribution is 0.285. The van der Waals surface area contributed by atoms with Gasteiger partial charge in [-0.3, -0.25) is 4.98 Å². The second kappa shape index (κ2) is 4.82. The van der Waals surface area contributed by atoms with Crippen molar-refractivity contribution in [1.29, 1.82) is 0 Å². The molecule has 0 atom stereocenters. The van der Waals surface area contributed by atoms with E-state index in [0.717, 1.165) is 5.56 Å². The van der Waals surface area contributed by atoms with E-state index in [1.54, 1.807) is 12.1 Å². The highest BCUT2D eigenvalue weighted by molar-refractivity contribution is 5.29. The Morgan fingerprint density at radius 1 is 1.29 bits per heavy atom. The maximum absolute atomic E-state index is 13.4. The molecule has 0 saturated heterocycles. The van der Waals surface area contributed by atoms with E-state index in [-0.39, 0.29) is 18.1 Å². The van der Waals surface area contributed by atoms with Crippen molar-refractivity contribution in [1.82, 2.24) is 4.98 Å². The summed E-state index contributed by atoms with van der Waals surface area (Å²) in [5.74, 6) is -0.103. The Morgan fingerprint density at radius 2 is 2.12 bits per heavy atom. The number of hydrogen-bond acceptors (Lipinski definition) is 3. The van der Waals surface area contributed by atoms with E-state index in [2.05, 4.69) is 4.98 Å². The zero-order chi connectivity index (χ0) is 12.3. The summed E-state index contributed by atoms with van der Waals surface area (Å²) in [6, 6.07) is 7.70. The Morgan fingerprint density at radius 3 is 2.82 bits per heavy atom. The van der Waals surface area contributed by atoms with Gasteiger partial charge in [-0.15, -0.1) is 0 Å². The lowest BCUT2D eigenvalue weighted by atomic mass is 10.2. The van der Waals surface area contributed by atoms with Crippen LogP contribution in [0.5, 0.6) is 11.5 Å². The minimum absolute atomic E-state index is 0.114. The molecule has 0 radical (unpaired) electrons. The maximum atomic E-state index is 13.4. The summed E-state index contributed by atoms with van der Waals surface area (Å²) in [5, 5.41) is 9.23. The summed E-state index contributed by atoms with van der Waals surface area (Å²) in [6.45, 7) is 1.93. The highest BCUT2D eigenvalue weighted by Crippen LogP contribution is 2.19. The molecule has 1 heterocycles. The Balaban J connectivity index is 2.07. The van der Waals surface area contributed by atoms with Crippen LogP contribution in [-0.4, -0.2) is 10.1 Å². The number of benzene rings is 1. The van der Waals surface area contributed by atoms with Gasteiger partial charge in [-0.2, -0.15) is 0 Å². The first-order valence-corrected chi connectivity index (χ1v) is 5.18. The van der Waals surface area contributed by atoms with Crippen LogP contribution in [-0.2, 0) is 6.61 Å². The fourth-order valence-electron chi connectivity index (χ4n) is 1.42. The quantitative estimate of drug-likeness (QED) is 0.886. The second-order valence-corrected chi connectivity index (χ2v) is 3.73. The number of aromatic hydroxyl groups is 1. The monoisotopic (exact) mass is 233 g/mol. The van der Waals surface area contributed by atoms with Crippen molar-refractivity contribution in [2.75, 3.05) is 0 Å². The molecule has 0 bridgehead atoms. The van der Waals surface area contributed by atoms with Crippen molar-refractivity contribution in [3.8, 4) is 11.5 Å². The molecule has 0 aliphatic rings. The van der Waals surface area contributed by atoms with Gasteiger partial charge in [-0.05, 0) is 30.7 Å². The van der Waals surface area contributed by atoms with Gasteiger partial charge in [0.05, 0.1) is 5.69 Å². The lowest BCUT2D eigenvalue weighted by Crippen LogP contribution is -1.99. The summed E-state index contributed by atoms with van der Waals surface area (Å²) in [6.07, 6.45) is 1.47. The van der Waals surface area contributed by atoms with E-state index in [4.69, 9.17) is 4.74 Å². The van der Waals surface area contributed by atoms with E-state index >= 15 is 0 Å². The predicted octanol–water partition coefficient (Wildman–Crippen LogP) is 2.81. The summed E-state index contributed by atoms with van der Waals surface area (Å²) >= 11 is 0. The molecule has 1 N–H and O–H groups in total. The number of aromatic nitrogens is 1. The van der Waals surface area contributed by atoms with Gasteiger partial charge in [0.1, 0.15) is 12.4 Å². The van der Waals surface area contributed by atoms with Crippen LogP contribution in [0.1, 0.15) is 11.3 Å². The summed E-state index contributed by atoms with van der Waals surface area (Å²) < 4.78 is 18.7. The maximum Gasteiger partial charge on any atom is 0.165 e. The average molecular weight is 233 g/mol. The molecule has 0 amide bonds. The SMILES string of the molecule is Cc1ccc(OCc2cc(O)ccn2)c(F)c1. The molecule has 2 aromatic rings. The largest absolute Gasteiger partial charge is 0.508 e. The summed E-state index contributed by atoms with van der Waals surface area (Å²) in [5.41, 5.74) is 1.38. The van der Waals surface area contributed by atoms with Gasteiger partial charge in [0.15, 0.2) is 11.6 Å². The van der Waals surface area contributed by atoms with E-state index in [0.29, 0.717) is 5.69 Å². The third-order valence-corrected chi connectivity index (χ3v) is 2.26. The van der Waals surface area contributed by atoms with E-state index in [1.807, 2.05) is 6.92 Å². The van der Waals surface area contributed by atoms with Gasteiger partial charge in [0.25, 0.3) is 0 Å². The molecule has 3 nitrogen and oxygen atoms in total. The predicted molar refractivity (Wildman–Crippen MR) is 61.4 cm³/mol. The fraction of sp³-hybridized carbons (Fsp3) is 0.154. The molecule has 1 aromatic carbocycles. The van der Waals surface area contributed by atoms with Crippen molar-refractivity contribution < 1.29 is 14.2 Å². The molecule has 2 rings (SSSR count). The number of pyridine rings is 1. The van der Waals surface area contributed by atoms with Crippen LogP contribution in [0, 0.1) is 12.7 Å². The van der Waals surface area contributed by atoms with Gasteiger partial charge < -0.3 is 9.84 Å². The van der Waals surface area contributed by atoms with Crippen molar-refractivity contribution in [3.63, 3.8) is 0 Å². The number of nitrogens with zero attached hydrogens (tertiary/aromatic N) is 1. The number of hydrogen-bond donors (Lipinski definition) is 1. The van der Waals surface area contributed by atoms with E-state index in [1.165, 1.54) is 24.4 Å². The molecule has 0 saturated carbocycles. The molecular weight excluding hydrogens is 221 g/mol. The molecule has 0 fully saturated rings. The van der Waals surface area contributed by atoms with Gasteiger partial charge in [0.2, 0.25) is 0 Å². The van der Waals surface area contributed by atoms with Crippen LogP contribution in [0.2, 0.25) is 0 Å². The second-order valence-electron chi connectivity index (χ2n) is 3.73. The van der Waals surface area contributed by atoms with Crippen LogP contribution in [0.4, 0.5) is 4.39 Å². The first kappa shape index (κ1) is 11.4. The Kier molecular flexibility index (Phi) is 3.23. The molecule has 17 heavy (non-hydrogen) atoms. The van der Waals surface area contributed by atoms with E-state index in [9.17, 15) is 9.50 Å². The van der Waals surface area contributed by atoms with Crippen LogP contribution < -0.4 is 4.74 Å². The van der Waals surface area contributed by atoms with Crippen molar-refractivity contribution in [3.05, 3.63) is 53.6 Å². The van der Waals surface area contributed by atoms with Gasteiger partial charge in [0, 0.05) is 12.3 Å². The van der Waals surface area contributed by atoms with Gasteiger partial charge >= 0.3 is 0 Å². The average Bonchev–Trinajstić information content (AvgIpc) is 2.28. The fourth-order valence-corrected chi connectivity index (χ4v) is 1.42. The summed E-state index contributed by atoms with van der Waals surface area (Å²) in [4.78, 5) is 3.99. The Labute approximate surface area is 98.5 Å². The Bertz CT molecular complexity index is 529. The Hall–Kier alpha value is -2.10. The minimum atomic E-state index is -0.398. The molecule has 0 aliphatic carbocycles. The normalized spacial score (nSPS) is 10.2. The molecule has 0 unspecified atom stereocenters. The van der Waals surface area contributed by atoms with Crippen LogP contribution in [0.3, 0.4) is 0 Å². The number of ether oxygens (including phenoxy) is 1. The lowest BCUT2D eigenvalue weighted by Gasteiger charge is -2.07. The van der Waals surface area contributed by atoms with Crippen LogP contribution in [0.15, 0.2) is 36.5 Å². The first-order chi connectivity index (χ1) is 8.15. The number of halogens is 1. The van der Waals surface area contributed by atoms with Crippen molar-refractivity contribution in [2.24, 2.45) is 0 Å². The van der Waals surface area contributed by atoms with Crippen LogP contribution >= 0.6 is 0 Å². The molecule has 0 spiro atoms. The van der Waals surface area contributed by atoms with E-state index < -0.39 is 5.82 Å². The van der Waals surface area contributed by atoms with Crippen molar-refractivity contribution >= 4 is 0 Å². The zero-order valence-corrected chi connectivity index (χ0v) is 9.35. The standard InChI is InChI=1S/C13H12FNO2/c1-9-2-3-13(12(14)6-9)17-8-10-7-11(16)4-5-15-10/h2-7H,8H2,1H3,(H,15,16). The molecular formula is C13H12FNO2. The third-order valence-electron chi connectivity index (χ3n) is 2.26. The zero-order valence-electron chi connectivity index (χ0n) is 9.35. The minimum Gasteiger partial charge on any atom is -0.508 e. The number of rotatable bonds is 3. The molecule has 1 aromatic heterocycles. The summed E-state index contributed by atoms with van der Waals surface area (Å²) in [7, 11) is 0. The topological polar surface area (TPSA) is 42.4 Å². The number of aryl methyl sites for hydroxylation is 1. The van der Waals surface area contributed by atoms with Gasteiger partial charge in [-0.25, -0.2) is 4.39 Å². The van der Waals surface area contributed by atoms with Crippen molar-refractivity contribution in [2.45, 2.75) is 13.5 Å². The highest BCUT2D eigenvalue weighted by Gasteiger charge is 2.04. The molecule has 4 heteroatoms. The van der Waals surface area contributed by atoms with Gasteiger partial charge in [-0.1, -0.05) is 6.07 Å². The third kappa shape index (κ3) is 2.93. The highest BCUT2D eigenvalue weighted by atomic mass is 19.1. The first-order valence-electron chi connectivity index (χ1n) is 5.18. The van der Waals surface area contributed by atoms with Crippen LogP contribution in [0.25, 0.3) is 0 Å². The smallest absolute Gasteiger partial charge is 0.165 e. The molecule has 0 aliphatic heterocycles. The molecule has 88 valence electrons.